The number of rotatable bonds is 3. The van der Waals surface area contributed by atoms with Crippen LogP contribution in [-0.4, -0.2) is 36.4 Å². The Labute approximate surface area is 199 Å². The van der Waals surface area contributed by atoms with Crippen molar-refractivity contribution in [2.24, 2.45) is 5.41 Å². The average molecular weight is 549 g/mol. The van der Waals surface area contributed by atoms with Gasteiger partial charge in [0, 0.05) is 31.7 Å². The predicted octanol–water partition coefficient (Wildman–Crippen LogP) is 4.27. The molecular weight excluding hydrogens is 521 g/mol. The minimum atomic E-state index is -1.11. The molecule has 3 aromatic rings. The van der Waals surface area contributed by atoms with E-state index in [1.807, 2.05) is 39.4 Å². The molecule has 2 aromatic heterocycles. The summed E-state index contributed by atoms with van der Waals surface area (Å²) in [7, 11) is -1.11. The molecule has 2 atom stereocenters. The van der Waals surface area contributed by atoms with Crippen molar-refractivity contribution in [2.45, 2.75) is 50.8 Å². The van der Waals surface area contributed by atoms with Gasteiger partial charge in [0.15, 0.2) is 5.65 Å². The minimum Gasteiger partial charge on any atom is -0.342 e. The topological polar surface area (TPSA) is 62.5 Å². The molecule has 0 bridgehead atoms. The van der Waals surface area contributed by atoms with Crippen molar-refractivity contribution in [1.29, 1.82) is 0 Å². The second-order valence-corrected chi connectivity index (χ2v) is 12.8. The number of aromatic nitrogens is 3. The molecule has 1 aromatic carbocycles. The molecule has 5 rings (SSSR count). The van der Waals surface area contributed by atoms with Crippen LogP contribution in [0.1, 0.15) is 50.8 Å². The van der Waals surface area contributed by atoms with E-state index in [2.05, 4.69) is 65.9 Å². The summed E-state index contributed by atoms with van der Waals surface area (Å²) in [6.45, 7) is 7.95. The van der Waals surface area contributed by atoms with Crippen LogP contribution in [0.5, 0.6) is 0 Å². The standard InChI is InChI=1S/C23H28IN5OS/c1-22(2,3)31(30)27-19-17-7-5-4-6-16(17)14-23(19)8-11-28(12-9-23)21-26-15-18(24)20-25-10-13-29(20)21/h4-7,10,13,15,19,27H,8-9,11-12,14H2,1-3H3/t19?,31-/m1/s1. The average Bonchev–Trinajstić information content (AvgIpc) is 3.33. The number of nitrogens with zero attached hydrogens (tertiary/aromatic N) is 4. The van der Waals surface area contributed by atoms with E-state index in [1.165, 1.54) is 11.1 Å². The van der Waals surface area contributed by atoms with Crippen LogP contribution in [0.15, 0.2) is 42.9 Å². The third-order valence-corrected chi connectivity index (χ3v) is 9.03. The monoisotopic (exact) mass is 549 g/mol. The molecule has 1 unspecified atom stereocenters. The van der Waals surface area contributed by atoms with Crippen molar-refractivity contribution < 1.29 is 4.21 Å². The largest absolute Gasteiger partial charge is 0.342 e. The lowest BCUT2D eigenvalue weighted by atomic mass is 9.73. The fraction of sp³-hybridized carbons (Fsp3) is 0.478. The summed E-state index contributed by atoms with van der Waals surface area (Å²) in [6.07, 6.45) is 8.84. The third kappa shape index (κ3) is 3.70. The fourth-order valence-electron chi connectivity index (χ4n) is 4.99. The van der Waals surface area contributed by atoms with E-state index in [0.29, 0.717) is 0 Å². The molecule has 1 N–H and O–H groups in total. The van der Waals surface area contributed by atoms with Crippen LogP contribution < -0.4 is 9.62 Å². The van der Waals surface area contributed by atoms with Crippen LogP contribution in [0.25, 0.3) is 5.65 Å². The molecule has 1 spiro atoms. The molecule has 1 aliphatic heterocycles. The van der Waals surface area contributed by atoms with Gasteiger partial charge in [-0.15, -0.1) is 0 Å². The van der Waals surface area contributed by atoms with E-state index in [9.17, 15) is 4.21 Å². The van der Waals surface area contributed by atoms with Crippen molar-refractivity contribution >= 4 is 45.2 Å². The maximum Gasteiger partial charge on any atom is 0.211 e. The lowest BCUT2D eigenvalue weighted by molar-refractivity contribution is 0.177. The predicted molar refractivity (Wildman–Crippen MR) is 134 cm³/mol. The van der Waals surface area contributed by atoms with Crippen LogP contribution >= 0.6 is 22.6 Å². The van der Waals surface area contributed by atoms with Gasteiger partial charge in [-0.2, -0.15) is 0 Å². The molecule has 8 heteroatoms. The lowest BCUT2D eigenvalue weighted by Crippen LogP contribution is -2.48. The summed E-state index contributed by atoms with van der Waals surface area (Å²) in [5.41, 5.74) is 3.75. The number of hydrogen-bond acceptors (Lipinski definition) is 4. The Balaban J connectivity index is 1.43. The molecule has 31 heavy (non-hydrogen) atoms. The quantitative estimate of drug-likeness (QED) is 0.496. The number of hydrogen-bond donors (Lipinski definition) is 1. The highest BCUT2D eigenvalue weighted by molar-refractivity contribution is 14.1. The number of fused-ring (bicyclic) bond motifs is 2. The second kappa shape index (κ2) is 7.81. The second-order valence-electron chi connectivity index (χ2n) is 9.68. The molecule has 164 valence electrons. The highest BCUT2D eigenvalue weighted by Gasteiger charge is 2.49. The summed E-state index contributed by atoms with van der Waals surface area (Å²) in [4.78, 5) is 11.6. The molecule has 3 heterocycles. The summed E-state index contributed by atoms with van der Waals surface area (Å²) in [5.74, 6) is 0.959. The number of anilines is 1. The summed E-state index contributed by atoms with van der Waals surface area (Å²) in [6, 6.07) is 8.79. The van der Waals surface area contributed by atoms with Crippen molar-refractivity contribution in [3.05, 3.63) is 57.6 Å². The van der Waals surface area contributed by atoms with Gasteiger partial charge in [0.2, 0.25) is 5.95 Å². The first kappa shape index (κ1) is 21.3. The van der Waals surface area contributed by atoms with E-state index in [1.54, 1.807) is 0 Å². The SMILES string of the molecule is CC(C)(C)[S@@](=O)NC1c2ccccc2CC12CCN(c1ncc(I)c3nccn13)CC2. The Bertz CT molecular complexity index is 1150. The number of nitrogens with one attached hydrogen (secondary N) is 1. The van der Waals surface area contributed by atoms with Crippen LogP contribution in [0.4, 0.5) is 5.95 Å². The van der Waals surface area contributed by atoms with Gasteiger partial charge in [-0.05, 0) is 79.2 Å². The van der Waals surface area contributed by atoms with E-state index in [4.69, 9.17) is 4.98 Å². The molecule has 0 radical (unpaired) electrons. The van der Waals surface area contributed by atoms with Gasteiger partial charge >= 0.3 is 0 Å². The Morgan fingerprint density at radius 2 is 1.94 bits per heavy atom. The van der Waals surface area contributed by atoms with Crippen LogP contribution in [0.2, 0.25) is 0 Å². The number of halogens is 1. The smallest absolute Gasteiger partial charge is 0.211 e. The summed E-state index contributed by atoms with van der Waals surface area (Å²) >= 11 is 2.29. The van der Waals surface area contributed by atoms with E-state index >= 15 is 0 Å². The Morgan fingerprint density at radius 3 is 2.68 bits per heavy atom. The normalized spacial score (nSPS) is 21.5. The van der Waals surface area contributed by atoms with Gasteiger partial charge in [-0.25, -0.2) is 18.9 Å². The molecule has 0 saturated carbocycles. The van der Waals surface area contributed by atoms with E-state index in [0.717, 1.165) is 47.5 Å². The highest BCUT2D eigenvalue weighted by atomic mass is 127. The summed E-state index contributed by atoms with van der Waals surface area (Å²) in [5, 5.41) is 0. The van der Waals surface area contributed by atoms with E-state index < -0.39 is 11.0 Å². The maximum absolute atomic E-state index is 13.1. The maximum atomic E-state index is 13.1. The minimum absolute atomic E-state index is 0.0817. The van der Waals surface area contributed by atoms with Crippen molar-refractivity contribution in [3.8, 4) is 0 Å². The van der Waals surface area contributed by atoms with Gasteiger partial charge in [0.1, 0.15) is 0 Å². The van der Waals surface area contributed by atoms with Crippen LogP contribution in [0.3, 0.4) is 0 Å². The van der Waals surface area contributed by atoms with Crippen LogP contribution in [-0.2, 0) is 17.4 Å². The Morgan fingerprint density at radius 1 is 1.19 bits per heavy atom. The molecular formula is C23H28IN5OS. The first-order chi connectivity index (χ1) is 14.8. The van der Waals surface area contributed by atoms with Gasteiger partial charge in [0.05, 0.1) is 25.3 Å². The Kier molecular flexibility index (Phi) is 5.37. The zero-order chi connectivity index (χ0) is 21.8. The molecule has 0 amide bonds. The first-order valence-electron chi connectivity index (χ1n) is 10.8. The first-order valence-corrected chi connectivity index (χ1v) is 13.0. The zero-order valence-electron chi connectivity index (χ0n) is 18.1. The van der Waals surface area contributed by atoms with E-state index in [-0.39, 0.29) is 16.2 Å². The van der Waals surface area contributed by atoms with Gasteiger partial charge in [-0.1, -0.05) is 24.3 Å². The molecule has 1 saturated heterocycles. The zero-order valence-corrected chi connectivity index (χ0v) is 21.1. The number of imidazole rings is 1. The third-order valence-electron chi connectivity index (χ3n) is 6.71. The van der Waals surface area contributed by atoms with Gasteiger partial charge in [-0.3, -0.25) is 4.40 Å². The Hall–Kier alpha value is -1.52. The lowest BCUT2D eigenvalue weighted by Gasteiger charge is -2.44. The molecule has 2 aliphatic rings. The highest BCUT2D eigenvalue weighted by Crippen LogP contribution is 2.52. The number of benzene rings is 1. The number of piperidine rings is 1. The fourth-order valence-corrected chi connectivity index (χ4v) is 6.47. The van der Waals surface area contributed by atoms with Crippen molar-refractivity contribution in [2.75, 3.05) is 18.0 Å². The summed E-state index contributed by atoms with van der Waals surface area (Å²) < 4.78 is 19.5. The molecule has 1 fully saturated rings. The van der Waals surface area contributed by atoms with Gasteiger partial charge < -0.3 is 4.90 Å². The van der Waals surface area contributed by atoms with Crippen molar-refractivity contribution in [3.63, 3.8) is 0 Å². The van der Waals surface area contributed by atoms with Crippen molar-refractivity contribution in [1.82, 2.24) is 19.1 Å². The molecule has 6 nitrogen and oxygen atoms in total. The van der Waals surface area contributed by atoms with Gasteiger partial charge in [0.25, 0.3) is 0 Å². The molecule has 1 aliphatic carbocycles. The van der Waals surface area contributed by atoms with Crippen LogP contribution in [0, 0.1) is 8.99 Å².